The third kappa shape index (κ3) is 3.94. The number of hydrogen-bond acceptors (Lipinski definition) is 3. The summed E-state index contributed by atoms with van der Waals surface area (Å²) in [7, 11) is 1.70. The molecule has 1 aromatic rings. The third-order valence-corrected chi connectivity index (χ3v) is 5.31. The standard InChI is InChI=1S/C19H29N3O2/c1-15-6-3-4-10-22(15)19(23)20-13-16-9-11-21(14-16)17-7-5-8-18(12-17)24-2/h5,7-8,12,15-16H,3-4,6,9-11,13-14H2,1-2H3,(H,20,23)/t15-,16-/m0/s1. The molecule has 1 N–H and O–H groups in total. The number of amides is 2. The van der Waals surface area contributed by atoms with E-state index < -0.39 is 0 Å². The molecule has 0 aliphatic carbocycles. The summed E-state index contributed by atoms with van der Waals surface area (Å²) in [4.78, 5) is 16.8. The van der Waals surface area contributed by atoms with Gasteiger partial charge in [-0.3, -0.25) is 0 Å². The molecule has 2 aliphatic rings. The van der Waals surface area contributed by atoms with Crippen molar-refractivity contribution in [2.24, 2.45) is 5.92 Å². The molecule has 132 valence electrons. The Hall–Kier alpha value is -1.91. The highest BCUT2D eigenvalue weighted by Gasteiger charge is 2.26. The van der Waals surface area contributed by atoms with Crippen LogP contribution < -0.4 is 15.0 Å². The number of likely N-dealkylation sites (tertiary alicyclic amines) is 1. The van der Waals surface area contributed by atoms with Crippen molar-refractivity contribution in [2.75, 3.05) is 38.2 Å². The lowest BCUT2D eigenvalue weighted by Crippen LogP contribution is -2.48. The Bertz CT molecular complexity index is 563. The lowest BCUT2D eigenvalue weighted by atomic mass is 10.0. The molecule has 2 atom stereocenters. The van der Waals surface area contributed by atoms with Gasteiger partial charge in [0, 0.05) is 44.0 Å². The number of methoxy groups -OCH3 is 1. The van der Waals surface area contributed by atoms with E-state index in [4.69, 9.17) is 4.74 Å². The van der Waals surface area contributed by atoms with Crippen LogP contribution in [-0.4, -0.2) is 50.3 Å². The molecule has 3 rings (SSSR count). The molecule has 2 fully saturated rings. The number of anilines is 1. The third-order valence-electron chi connectivity index (χ3n) is 5.31. The number of piperidine rings is 1. The first kappa shape index (κ1) is 16.9. The van der Waals surface area contributed by atoms with E-state index in [0.29, 0.717) is 12.0 Å². The molecule has 2 heterocycles. The highest BCUT2D eigenvalue weighted by molar-refractivity contribution is 5.74. The molecule has 5 nitrogen and oxygen atoms in total. The molecule has 2 aliphatic heterocycles. The number of nitrogens with zero attached hydrogens (tertiary/aromatic N) is 2. The Morgan fingerprint density at radius 2 is 2.17 bits per heavy atom. The van der Waals surface area contributed by atoms with E-state index in [1.54, 1.807) is 7.11 Å². The fourth-order valence-electron chi connectivity index (χ4n) is 3.77. The van der Waals surface area contributed by atoms with Crippen LogP contribution in [0.25, 0.3) is 0 Å². The predicted molar refractivity (Wildman–Crippen MR) is 96.7 cm³/mol. The Morgan fingerprint density at radius 3 is 2.96 bits per heavy atom. The van der Waals surface area contributed by atoms with Crippen LogP contribution in [0.1, 0.15) is 32.6 Å². The molecular weight excluding hydrogens is 302 g/mol. The number of benzene rings is 1. The molecule has 0 spiro atoms. The second-order valence-electron chi connectivity index (χ2n) is 7.03. The molecule has 1 aromatic carbocycles. The van der Waals surface area contributed by atoms with Crippen LogP contribution in [0.5, 0.6) is 5.75 Å². The van der Waals surface area contributed by atoms with Gasteiger partial charge in [-0.25, -0.2) is 4.79 Å². The van der Waals surface area contributed by atoms with Gasteiger partial charge in [0.05, 0.1) is 7.11 Å². The van der Waals surface area contributed by atoms with Crippen LogP contribution >= 0.6 is 0 Å². The van der Waals surface area contributed by atoms with Gasteiger partial charge in [0.25, 0.3) is 0 Å². The number of urea groups is 1. The van der Waals surface area contributed by atoms with Gasteiger partial charge in [0.1, 0.15) is 5.75 Å². The van der Waals surface area contributed by atoms with Gasteiger partial charge in [-0.05, 0) is 50.7 Å². The molecule has 0 saturated carbocycles. The molecule has 2 saturated heterocycles. The lowest BCUT2D eigenvalue weighted by Gasteiger charge is -2.33. The maximum atomic E-state index is 12.4. The normalized spacial score (nSPS) is 24.1. The van der Waals surface area contributed by atoms with Crippen molar-refractivity contribution in [2.45, 2.75) is 38.6 Å². The van der Waals surface area contributed by atoms with Crippen molar-refractivity contribution in [1.82, 2.24) is 10.2 Å². The summed E-state index contributed by atoms with van der Waals surface area (Å²) in [6, 6.07) is 8.69. The monoisotopic (exact) mass is 331 g/mol. The van der Waals surface area contributed by atoms with Gasteiger partial charge in [0.15, 0.2) is 0 Å². The van der Waals surface area contributed by atoms with Gasteiger partial charge in [-0.2, -0.15) is 0 Å². The molecule has 0 bridgehead atoms. The first-order valence-electron chi connectivity index (χ1n) is 9.11. The number of nitrogens with one attached hydrogen (secondary N) is 1. The smallest absolute Gasteiger partial charge is 0.317 e. The molecule has 0 unspecified atom stereocenters. The largest absolute Gasteiger partial charge is 0.497 e. The minimum atomic E-state index is 0.113. The second-order valence-corrected chi connectivity index (χ2v) is 7.03. The Balaban J connectivity index is 1.48. The van der Waals surface area contributed by atoms with Gasteiger partial charge < -0.3 is 19.9 Å². The van der Waals surface area contributed by atoms with E-state index in [1.165, 1.54) is 12.1 Å². The van der Waals surface area contributed by atoms with Crippen LogP contribution in [-0.2, 0) is 0 Å². The van der Waals surface area contributed by atoms with Crippen molar-refractivity contribution < 1.29 is 9.53 Å². The SMILES string of the molecule is COc1cccc(N2CC[C@@H](CNC(=O)N3CCCC[C@@H]3C)C2)c1. The van der Waals surface area contributed by atoms with Crippen LogP contribution in [0.2, 0.25) is 0 Å². The Morgan fingerprint density at radius 1 is 1.29 bits per heavy atom. The van der Waals surface area contributed by atoms with Crippen molar-refractivity contribution in [3.05, 3.63) is 24.3 Å². The minimum Gasteiger partial charge on any atom is -0.497 e. The van der Waals surface area contributed by atoms with Crippen molar-refractivity contribution in [3.8, 4) is 5.75 Å². The molecular formula is C19H29N3O2. The average Bonchev–Trinajstić information content (AvgIpc) is 3.09. The summed E-state index contributed by atoms with van der Waals surface area (Å²) in [5.74, 6) is 1.41. The predicted octanol–water partition coefficient (Wildman–Crippen LogP) is 3.11. The molecule has 5 heteroatoms. The number of carbonyl (C=O) groups excluding carboxylic acids is 1. The summed E-state index contributed by atoms with van der Waals surface area (Å²) >= 11 is 0. The summed E-state index contributed by atoms with van der Waals surface area (Å²) in [6.45, 7) is 5.84. The maximum absolute atomic E-state index is 12.4. The van der Waals surface area contributed by atoms with Crippen molar-refractivity contribution >= 4 is 11.7 Å². The van der Waals surface area contributed by atoms with Gasteiger partial charge >= 0.3 is 6.03 Å². The zero-order valence-corrected chi connectivity index (χ0v) is 14.8. The second kappa shape index (κ2) is 7.77. The summed E-state index contributed by atoms with van der Waals surface area (Å²) < 4.78 is 5.31. The number of rotatable bonds is 4. The maximum Gasteiger partial charge on any atom is 0.317 e. The van der Waals surface area contributed by atoms with Crippen molar-refractivity contribution in [1.29, 1.82) is 0 Å². The topological polar surface area (TPSA) is 44.8 Å². The zero-order valence-electron chi connectivity index (χ0n) is 14.8. The summed E-state index contributed by atoms with van der Waals surface area (Å²) in [6.07, 6.45) is 4.61. The van der Waals surface area contributed by atoms with E-state index in [1.807, 2.05) is 17.0 Å². The van der Waals surface area contributed by atoms with Crippen molar-refractivity contribution in [3.63, 3.8) is 0 Å². The van der Waals surface area contributed by atoms with E-state index in [9.17, 15) is 4.79 Å². The van der Waals surface area contributed by atoms with Gasteiger partial charge in [-0.1, -0.05) is 6.07 Å². The summed E-state index contributed by atoms with van der Waals surface area (Å²) in [5.41, 5.74) is 1.20. The highest BCUT2D eigenvalue weighted by atomic mass is 16.5. The quantitative estimate of drug-likeness (QED) is 0.922. The van der Waals surface area contributed by atoms with Crippen LogP contribution in [0, 0.1) is 5.92 Å². The number of ether oxygens (including phenoxy) is 1. The Kier molecular flexibility index (Phi) is 5.48. The van der Waals surface area contributed by atoms with E-state index in [0.717, 1.165) is 51.2 Å². The van der Waals surface area contributed by atoms with Crippen LogP contribution in [0.4, 0.5) is 10.5 Å². The van der Waals surface area contributed by atoms with Gasteiger partial charge in [0.2, 0.25) is 0 Å². The number of carbonyl (C=O) groups is 1. The van der Waals surface area contributed by atoms with Crippen LogP contribution in [0.15, 0.2) is 24.3 Å². The molecule has 0 aromatic heterocycles. The summed E-state index contributed by atoms with van der Waals surface area (Å²) in [5, 5.41) is 3.15. The van der Waals surface area contributed by atoms with E-state index >= 15 is 0 Å². The first-order chi connectivity index (χ1) is 11.7. The zero-order chi connectivity index (χ0) is 16.9. The molecule has 2 amide bonds. The lowest BCUT2D eigenvalue weighted by molar-refractivity contribution is 0.157. The molecule has 0 radical (unpaired) electrons. The average molecular weight is 331 g/mol. The fraction of sp³-hybridized carbons (Fsp3) is 0.632. The number of hydrogen-bond donors (Lipinski definition) is 1. The molecule has 24 heavy (non-hydrogen) atoms. The van der Waals surface area contributed by atoms with Gasteiger partial charge in [-0.15, -0.1) is 0 Å². The van der Waals surface area contributed by atoms with Crippen LogP contribution in [0.3, 0.4) is 0 Å². The van der Waals surface area contributed by atoms with E-state index in [-0.39, 0.29) is 6.03 Å². The van der Waals surface area contributed by atoms with E-state index in [2.05, 4.69) is 29.3 Å². The fourth-order valence-corrected chi connectivity index (χ4v) is 3.77. The minimum absolute atomic E-state index is 0.113. The first-order valence-corrected chi connectivity index (χ1v) is 9.11. The Labute approximate surface area is 145 Å². The highest BCUT2D eigenvalue weighted by Crippen LogP contribution is 2.26.